The number of ether oxygens (including phenoxy) is 1. The monoisotopic (exact) mass is 622 g/mol. The van der Waals surface area contributed by atoms with Crippen LogP contribution < -0.4 is 4.90 Å². The largest absolute Gasteiger partial charge is 0.465 e. The predicted octanol–water partition coefficient (Wildman–Crippen LogP) is 5.45. The van der Waals surface area contributed by atoms with Crippen LogP contribution in [0.4, 0.5) is 5.69 Å². The van der Waals surface area contributed by atoms with Crippen molar-refractivity contribution < 1.29 is 24.2 Å². The molecule has 1 spiro atoms. The van der Waals surface area contributed by atoms with Crippen LogP contribution in [0.25, 0.3) is 0 Å². The fourth-order valence-corrected chi connectivity index (χ4v) is 9.84. The van der Waals surface area contributed by atoms with E-state index < -0.39 is 39.4 Å². The van der Waals surface area contributed by atoms with Crippen LogP contribution in [0.2, 0.25) is 5.02 Å². The quantitative estimate of drug-likeness (QED) is 0.182. The Morgan fingerprint density at radius 1 is 1.16 bits per heavy atom. The lowest BCUT2D eigenvalue weighted by atomic mass is 9.66. The number of thioether (sulfide) groups is 1. The molecule has 228 valence electrons. The molecule has 1 N–H and O–H groups in total. The summed E-state index contributed by atoms with van der Waals surface area (Å²) >= 11 is 8.17. The molecular formula is C34H39ClN2O5S. The van der Waals surface area contributed by atoms with Gasteiger partial charge in [-0.15, -0.1) is 24.9 Å². The SMILES string of the molecule is C=CCCCOC(=O)[C@H]1[C@H]2C(=O)N([C@@H](CO)Cc3ccccc3)C(C(=O)N(CC=C)c3ccccc3Cl)C23CC[C@]1(C)S3. The van der Waals surface area contributed by atoms with E-state index in [1.807, 2.05) is 43.3 Å². The van der Waals surface area contributed by atoms with Gasteiger partial charge in [-0.25, -0.2) is 0 Å². The van der Waals surface area contributed by atoms with Crippen molar-refractivity contribution in [1.82, 2.24) is 4.90 Å². The Hall–Kier alpha value is -3.07. The number of halogens is 1. The number of likely N-dealkylation sites (tertiary alicyclic amines) is 1. The predicted molar refractivity (Wildman–Crippen MR) is 171 cm³/mol. The number of hydrogen-bond acceptors (Lipinski definition) is 6. The first-order valence-electron chi connectivity index (χ1n) is 14.8. The van der Waals surface area contributed by atoms with E-state index in [1.165, 1.54) is 0 Å². The number of benzene rings is 2. The zero-order valence-electron chi connectivity index (χ0n) is 24.5. The Morgan fingerprint density at radius 2 is 1.88 bits per heavy atom. The van der Waals surface area contributed by atoms with Crippen molar-refractivity contribution in [2.75, 3.05) is 24.7 Å². The van der Waals surface area contributed by atoms with Crippen molar-refractivity contribution in [1.29, 1.82) is 0 Å². The minimum absolute atomic E-state index is 0.182. The van der Waals surface area contributed by atoms with Gasteiger partial charge in [0.2, 0.25) is 5.91 Å². The lowest BCUT2D eigenvalue weighted by Gasteiger charge is -2.39. The standard InChI is InChI=1S/C34H39ClN2O5S/c1-4-6-12-20-42-32(41)28-27-30(39)37(24(22-38)21-23-13-8-7-9-14-23)29(34(27)18-17-33(28,3)43-34)31(40)36(19-5-2)26-16-11-10-15-25(26)35/h4-5,7-11,13-16,24,27-29,38H,1-2,6,12,17-22H2,3H3/t24-,27+,28-,29?,33+,34?/m1/s1. The maximum absolute atomic E-state index is 14.9. The smallest absolute Gasteiger partial charge is 0.311 e. The number of rotatable bonds is 13. The molecule has 0 radical (unpaired) electrons. The molecule has 0 aromatic heterocycles. The molecule has 2 aromatic carbocycles. The number of para-hydroxylation sites is 1. The summed E-state index contributed by atoms with van der Waals surface area (Å²) in [6.07, 6.45) is 6.41. The lowest BCUT2D eigenvalue weighted by molar-refractivity contribution is -0.156. The molecule has 2 amide bonds. The number of aliphatic hydroxyl groups is 1. The van der Waals surface area contributed by atoms with Gasteiger partial charge in [-0.05, 0) is 56.7 Å². The molecule has 6 atom stereocenters. The van der Waals surface area contributed by atoms with Gasteiger partial charge in [0.05, 0.1) is 46.5 Å². The molecule has 3 fully saturated rings. The van der Waals surface area contributed by atoms with E-state index >= 15 is 0 Å². The number of fused-ring (bicyclic) bond motifs is 1. The number of allylic oxidation sites excluding steroid dienone is 1. The first kappa shape index (κ1) is 31.4. The number of aliphatic hydroxyl groups excluding tert-OH is 1. The summed E-state index contributed by atoms with van der Waals surface area (Å²) < 4.78 is 4.32. The van der Waals surface area contributed by atoms with Crippen LogP contribution in [-0.4, -0.2) is 69.1 Å². The second-order valence-electron chi connectivity index (χ2n) is 11.8. The summed E-state index contributed by atoms with van der Waals surface area (Å²) in [4.78, 5) is 46.4. The molecule has 3 saturated heterocycles. The molecule has 2 bridgehead atoms. The third-order valence-corrected chi connectivity index (χ3v) is 11.4. The number of amides is 2. The zero-order chi connectivity index (χ0) is 30.8. The minimum atomic E-state index is -0.924. The van der Waals surface area contributed by atoms with Gasteiger partial charge in [0.1, 0.15) is 6.04 Å². The fraction of sp³-hybridized carbons (Fsp3) is 0.441. The van der Waals surface area contributed by atoms with Gasteiger partial charge in [0.15, 0.2) is 0 Å². The molecule has 3 aliphatic heterocycles. The van der Waals surface area contributed by atoms with Gasteiger partial charge in [0, 0.05) is 11.3 Å². The highest BCUT2D eigenvalue weighted by molar-refractivity contribution is 8.02. The van der Waals surface area contributed by atoms with E-state index in [9.17, 15) is 19.5 Å². The highest BCUT2D eigenvalue weighted by Crippen LogP contribution is 2.72. The first-order chi connectivity index (χ1) is 20.7. The molecule has 3 aliphatic rings. The molecule has 43 heavy (non-hydrogen) atoms. The summed E-state index contributed by atoms with van der Waals surface area (Å²) in [5, 5.41) is 11.1. The maximum atomic E-state index is 14.9. The summed E-state index contributed by atoms with van der Waals surface area (Å²) in [6.45, 7) is 9.71. The minimum Gasteiger partial charge on any atom is -0.465 e. The normalized spacial score (nSPS) is 27.9. The Kier molecular flexibility index (Phi) is 9.40. The number of carbonyl (C=O) groups excluding carboxylic acids is 3. The third-order valence-electron chi connectivity index (χ3n) is 9.14. The Bertz CT molecular complexity index is 1390. The van der Waals surface area contributed by atoms with Crippen LogP contribution in [0.15, 0.2) is 79.9 Å². The van der Waals surface area contributed by atoms with Crippen molar-refractivity contribution in [2.45, 2.75) is 60.6 Å². The van der Waals surface area contributed by atoms with Gasteiger partial charge < -0.3 is 19.6 Å². The molecule has 0 aliphatic carbocycles. The van der Waals surface area contributed by atoms with Gasteiger partial charge >= 0.3 is 5.97 Å². The second kappa shape index (κ2) is 12.9. The second-order valence-corrected chi connectivity index (χ2v) is 14.1. The molecule has 2 aromatic rings. The van der Waals surface area contributed by atoms with E-state index in [0.29, 0.717) is 36.4 Å². The molecule has 5 rings (SSSR count). The van der Waals surface area contributed by atoms with E-state index in [1.54, 1.807) is 51.9 Å². The molecule has 7 nitrogen and oxygen atoms in total. The Balaban J connectivity index is 1.59. The van der Waals surface area contributed by atoms with Crippen molar-refractivity contribution >= 4 is 46.8 Å². The van der Waals surface area contributed by atoms with Crippen LogP contribution in [0, 0.1) is 11.8 Å². The average molecular weight is 623 g/mol. The van der Waals surface area contributed by atoms with Crippen LogP contribution >= 0.6 is 23.4 Å². The van der Waals surface area contributed by atoms with Crippen LogP contribution in [0.1, 0.15) is 38.2 Å². The average Bonchev–Trinajstić information content (AvgIpc) is 3.58. The van der Waals surface area contributed by atoms with E-state index in [4.69, 9.17) is 16.3 Å². The van der Waals surface area contributed by atoms with E-state index in [0.717, 1.165) is 12.0 Å². The van der Waals surface area contributed by atoms with Gasteiger partial charge in [-0.3, -0.25) is 14.4 Å². The molecule has 2 unspecified atom stereocenters. The lowest BCUT2D eigenvalue weighted by Crippen LogP contribution is -2.58. The first-order valence-corrected chi connectivity index (χ1v) is 16.0. The number of hydrogen-bond donors (Lipinski definition) is 1. The summed E-state index contributed by atoms with van der Waals surface area (Å²) in [7, 11) is 0. The Morgan fingerprint density at radius 3 is 2.56 bits per heavy atom. The molecular weight excluding hydrogens is 584 g/mol. The molecule has 9 heteroatoms. The molecule has 0 saturated carbocycles. The summed E-state index contributed by atoms with van der Waals surface area (Å²) in [6, 6.07) is 15.1. The fourth-order valence-electron chi connectivity index (χ4n) is 7.28. The van der Waals surface area contributed by atoms with Crippen molar-refractivity contribution in [2.24, 2.45) is 11.8 Å². The number of unbranched alkanes of at least 4 members (excludes halogenated alkanes) is 1. The Labute approximate surface area is 262 Å². The van der Waals surface area contributed by atoms with Crippen LogP contribution in [0.5, 0.6) is 0 Å². The highest BCUT2D eigenvalue weighted by Gasteiger charge is 2.78. The number of esters is 1. The van der Waals surface area contributed by atoms with Gasteiger partial charge in [0.25, 0.3) is 5.91 Å². The van der Waals surface area contributed by atoms with Crippen molar-refractivity contribution in [3.8, 4) is 0 Å². The number of carbonyl (C=O) groups is 3. The number of nitrogens with zero attached hydrogens (tertiary/aromatic N) is 2. The molecule has 3 heterocycles. The van der Waals surface area contributed by atoms with Crippen LogP contribution in [-0.2, 0) is 25.5 Å². The topological polar surface area (TPSA) is 87.1 Å². The van der Waals surface area contributed by atoms with Gasteiger partial charge in [-0.2, -0.15) is 0 Å². The zero-order valence-corrected chi connectivity index (χ0v) is 26.1. The maximum Gasteiger partial charge on any atom is 0.311 e. The summed E-state index contributed by atoms with van der Waals surface area (Å²) in [5.74, 6) is -2.43. The van der Waals surface area contributed by atoms with E-state index in [-0.39, 0.29) is 31.6 Å². The van der Waals surface area contributed by atoms with Crippen molar-refractivity contribution in [3.05, 3.63) is 90.5 Å². The van der Waals surface area contributed by atoms with Crippen LogP contribution in [0.3, 0.4) is 0 Å². The highest BCUT2D eigenvalue weighted by atomic mass is 35.5. The third kappa shape index (κ3) is 5.54. The van der Waals surface area contributed by atoms with Gasteiger partial charge in [-0.1, -0.05) is 66.2 Å². The summed E-state index contributed by atoms with van der Waals surface area (Å²) in [5.41, 5.74) is 1.46. The van der Waals surface area contributed by atoms with E-state index in [2.05, 4.69) is 13.2 Å². The number of anilines is 1. The van der Waals surface area contributed by atoms with Crippen molar-refractivity contribution in [3.63, 3.8) is 0 Å².